The van der Waals surface area contributed by atoms with Crippen LogP contribution in [0.15, 0.2) is 59.6 Å². The number of hydrogen-bond acceptors (Lipinski definition) is 4. The lowest BCUT2D eigenvalue weighted by atomic mass is 10.1. The number of nitrogens with one attached hydrogen (secondary N) is 1. The maximum atomic E-state index is 11.5. The van der Waals surface area contributed by atoms with Gasteiger partial charge in [0, 0.05) is 20.6 Å². The van der Waals surface area contributed by atoms with Crippen LogP contribution in [0.1, 0.15) is 15.9 Å². The van der Waals surface area contributed by atoms with Gasteiger partial charge in [0.05, 0.1) is 19.2 Å². The summed E-state index contributed by atoms with van der Waals surface area (Å²) < 4.78 is 10.4. The van der Waals surface area contributed by atoms with E-state index >= 15 is 0 Å². The second kappa shape index (κ2) is 10.9. The summed E-state index contributed by atoms with van der Waals surface area (Å²) in [5, 5.41) is 3.34. The summed E-state index contributed by atoms with van der Waals surface area (Å²) in [6, 6.07) is 17.2. The van der Waals surface area contributed by atoms with E-state index in [1.165, 1.54) is 7.11 Å². The average Bonchev–Trinajstić information content (AvgIpc) is 2.71. The third-order valence-electron chi connectivity index (χ3n) is 4.08. The molecule has 6 nitrogen and oxygen atoms in total. The lowest BCUT2D eigenvalue weighted by molar-refractivity contribution is 0.0600. The molecule has 0 amide bonds. The van der Waals surface area contributed by atoms with Gasteiger partial charge < -0.3 is 19.7 Å². The van der Waals surface area contributed by atoms with Crippen molar-refractivity contribution < 1.29 is 14.3 Å². The Hall–Kier alpha value is -3.02. The largest absolute Gasteiger partial charge is 0.492 e. The number of methoxy groups -OCH3 is 1. The first-order chi connectivity index (χ1) is 13.1. The molecule has 0 aliphatic heterocycles. The normalized spacial score (nSPS) is 11.0. The molecule has 0 atom stereocenters. The predicted octanol–water partition coefficient (Wildman–Crippen LogP) is 2.60. The summed E-state index contributed by atoms with van der Waals surface area (Å²) in [6.45, 7) is 2.05. The first-order valence-corrected chi connectivity index (χ1v) is 8.91. The van der Waals surface area contributed by atoms with Crippen molar-refractivity contribution in [3.8, 4) is 5.75 Å². The van der Waals surface area contributed by atoms with Crippen molar-refractivity contribution in [2.45, 2.75) is 6.42 Å². The third-order valence-corrected chi connectivity index (χ3v) is 4.08. The van der Waals surface area contributed by atoms with Crippen LogP contribution in [0.3, 0.4) is 0 Å². The predicted molar refractivity (Wildman–Crippen MR) is 107 cm³/mol. The van der Waals surface area contributed by atoms with Gasteiger partial charge in [0.1, 0.15) is 12.4 Å². The first-order valence-electron chi connectivity index (χ1n) is 8.91. The highest BCUT2D eigenvalue weighted by Crippen LogP contribution is 2.08. The van der Waals surface area contributed by atoms with Gasteiger partial charge >= 0.3 is 5.97 Å². The molecule has 0 radical (unpaired) electrons. The van der Waals surface area contributed by atoms with E-state index in [-0.39, 0.29) is 5.97 Å². The number of nitrogens with zero attached hydrogens (tertiary/aromatic N) is 2. The number of para-hydroxylation sites is 1. The molecular formula is C21H27N3O3. The lowest BCUT2D eigenvalue weighted by Crippen LogP contribution is -2.41. The number of esters is 1. The van der Waals surface area contributed by atoms with Crippen LogP contribution in [0.2, 0.25) is 0 Å². The Kier molecular flexibility index (Phi) is 8.16. The number of benzene rings is 2. The summed E-state index contributed by atoms with van der Waals surface area (Å²) in [4.78, 5) is 17.8. The number of ether oxygens (including phenoxy) is 2. The van der Waals surface area contributed by atoms with Gasteiger partial charge in [-0.05, 0) is 36.2 Å². The van der Waals surface area contributed by atoms with E-state index < -0.39 is 0 Å². The Morgan fingerprint density at radius 2 is 1.81 bits per heavy atom. The van der Waals surface area contributed by atoms with E-state index in [1.54, 1.807) is 19.2 Å². The van der Waals surface area contributed by atoms with Gasteiger partial charge in [-0.3, -0.25) is 4.99 Å². The third kappa shape index (κ3) is 6.66. The van der Waals surface area contributed by atoms with E-state index in [9.17, 15) is 4.79 Å². The Morgan fingerprint density at radius 3 is 2.44 bits per heavy atom. The molecular weight excluding hydrogens is 342 g/mol. The fourth-order valence-electron chi connectivity index (χ4n) is 2.55. The van der Waals surface area contributed by atoms with E-state index in [4.69, 9.17) is 9.47 Å². The van der Waals surface area contributed by atoms with Crippen molar-refractivity contribution in [2.24, 2.45) is 4.99 Å². The van der Waals surface area contributed by atoms with Crippen molar-refractivity contribution in [1.82, 2.24) is 10.2 Å². The average molecular weight is 369 g/mol. The van der Waals surface area contributed by atoms with Crippen molar-refractivity contribution in [3.63, 3.8) is 0 Å². The summed E-state index contributed by atoms with van der Waals surface area (Å²) in [5.74, 6) is 1.36. The zero-order valence-electron chi connectivity index (χ0n) is 16.1. The van der Waals surface area contributed by atoms with Crippen LogP contribution < -0.4 is 10.1 Å². The maximum Gasteiger partial charge on any atom is 0.337 e. The Bertz CT molecular complexity index is 730. The second-order valence-corrected chi connectivity index (χ2v) is 6.00. The molecule has 0 spiro atoms. The highest BCUT2D eigenvalue weighted by Gasteiger charge is 2.07. The molecule has 0 aliphatic rings. The molecule has 0 aromatic heterocycles. The number of hydrogen-bond donors (Lipinski definition) is 1. The van der Waals surface area contributed by atoms with Crippen LogP contribution in [0, 0.1) is 0 Å². The van der Waals surface area contributed by atoms with Crippen molar-refractivity contribution in [2.75, 3.05) is 40.9 Å². The molecule has 2 aromatic rings. The number of likely N-dealkylation sites (N-methyl/N-ethyl adjacent to an activating group) is 1. The molecule has 0 heterocycles. The molecule has 144 valence electrons. The minimum absolute atomic E-state index is 0.320. The fraction of sp³-hybridized carbons (Fsp3) is 0.333. The van der Waals surface area contributed by atoms with Gasteiger partial charge in [0.25, 0.3) is 0 Å². The van der Waals surface area contributed by atoms with E-state index in [1.807, 2.05) is 54.4 Å². The Labute approximate surface area is 160 Å². The summed E-state index contributed by atoms with van der Waals surface area (Å²) in [6.07, 6.45) is 0.828. The molecule has 0 saturated heterocycles. The molecule has 6 heteroatoms. The number of aliphatic imine (C=N–C) groups is 1. The van der Waals surface area contributed by atoms with Gasteiger partial charge in [0.15, 0.2) is 5.96 Å². The zero-order valence-corrected chi connectivity index (χ0v) is 16.1. The summed E-state index contributed by atoms with van der Waals surface area (Å²) >= 11 is 0. The number of carbonyl (C=O) groups excluding carboxylic acids is 1. The van der Waals surface area contributed by atoms with Crippen LogP contribution >= 0.6 is 0 Å². The van der Waals surface area contributed by atoms with Gasteiger partial charge in [-0.2, -0.15) is 0 Å². The molecule has 0 fully saturated rings. The number of carbonyl (C=O) groups is 1. The van der Waals surface area contributed by atoms with Gasteiger partial charge in [-0.1, -0.05) is 30.3 Å². The van der Waals surface area contributed by atoms with Crippen molar-refractivity contribution in [3.05, 3.63) is 65.7 Å². The topological polar surface area (TPSA) is 63.2 Å². The second-order valence-electron chi connectivity index (χ2n) is 6.00. The van der Waals surface area contributed by atoms with Crippen LogP contribution in [-0.4, -0.2) is 57.7 Å². The molecule has 2 rings (SSSR count). The maximum absolute atomic E-state index is 11.5. The molecule has 0 aliphatic carbocycles. The van der Waals surface area contributed by atoms with Crippen LogP contribution in [0.5, 0.6) is 5.75 Å². The van der Waals surface area contributed by atoms with E-state index in [0.29, 0.717) is 12.2 Å². The van der Waals surface area contributed by atoms with E-state index in [0.717, 1.165) is 36.8 Å². The standard InChI is InChI=1S/C21H27N3O3/c1-22-21(24(2)15-16-27-19-7-5-4-6-8-19)23-14-13-17-9-11-18(12-10-17)20(25)26-3/h4-12H,13-16H2,1-3H3,(H,22,23). The molecule has 0 saturated carbocycles. The number of rotatable bonds is 8. The van der Waals surface area contributed by atoms with Crippen LogP contribution in [0.4, 0.5) is 0 Å². The van der Waals surface area contributed by atoms with Crippen molar-refractivity contribution >= 4 is 11.9 Å². The number of guanidine groups is 1. The SMILES string of the molecule is CN=C(NCCc1ccc(C(=O)OC)cc1)N(C)CCOc1ccccc1. The molecule has 27 heavy (non-hydrogen) atoms. The summed E-state index contributed by atoms with van der Waals surface area (Å²) in [7, 11) is 5.13. The van der Waals surface area contributed by atoms with Gasteiger partial charge in [-0.25, -0.2) is 4.79 Å². The molecule has 1 N–H and O–H groups in total. The van der Waals surface area contributed by atoms with Crippen molar-refractivity contribution in [1.29, 1.82) is 0 Å². The highest BCUT2D eigenvalue weighted by atomic mass is 16.5. The quantitative estimate of drug-likeness (QED) is 0.440. The molecule has 0 unspecified atom stereocenters. The Balaban J connectivity index is 1.73. The minimum Gasteiger partial charge on any atom is -0.492 e. The highest BCUT2D eigenvalue weighted by molar-refractivity contribution is 5.89. The van der Waals surface area contributed by atoms with E-state index in [2.05, 4.69) is 10.3 Å². The fourth-order valence-corrected chi connectivity index (χ4v) is 2.55. The van der Waals surface area contributed by atoms with Gasteiger partial charge in [-0.15, -0.1) is 0 Å². The Morgan fingerprint density at radius 1 is 1.11 bits per heavy atom. The minimum atomic E-state index is -0.320. The van der Waals surface area contributed by atoms with Gasteiger partial charge in [0.2, 0.25) is 0 Å². The van der Waals surface area contributed by atoms with Crippen LogP contribution in [0.25, 0.3) is 0 Å². The molecule has 0 bridgehead atoms. The monoisotopic (exact) mass is 369 g/mol. The van der Waals surface area contributed by atoms with Crippen LogP contribution in [-0.2, 0) is 11.2 Å². The smallest absolute Gasteiger partial charge is 0.337 e. The lowest BCUT2D eigenvalue weighted by Gasteiger charge is -2.22. The zero-order chi connectivity index (χ0) is 19.5. The first kappa shape index (κ1) is 20.3. The summed E-state index contributed by atoms with van der Waals surface area (Å²) in [5.41, 5.74) is 1.70. The molecule has 2 aromatic carbocycles.